The summed E-state index contributed by atoms with van der Waals surface area (Å²) in [6.07, 6.45) is 3.51. The molecule has 2 N–H and O–H groups in total. The van der Waals surface area contributed by atoms with Gasteiger partial charge in [-0.25, -0.2) is 22.8 Å². The molecule has 1 fully saturated rings. The molecular formula is C20H22N4O5S2. The first-order valence-corrected chi connectivity index (χ1v) is 12.1. The van der Waals surface area contributed by atoms with Gasteiger partial charge in [-0.1, -0.05) is 12.8 Å². The van der Waals surface area contributed by atoms with Crippen molar-refractivity contribution in [3.8, 4) is 5.75 Å². The smallest absolute Gasteiger partial charge is 0.281 e. The first-order chi connectivity index (χ1) is 14.8. The van der Waals surface area contributed by atoms with Gasteiger partial charge in [0.05, 0.1) is 12.5 Å². The van der Waals surface area contributed by atoms with Crippen LogP contribution in [0.4, 0.5) is 0 Å². The minimum atomic E-state index is -3.89. The van der Waals surface area contributed by atoms with E-state index < -0.39 is 21.5 Å². The fourth-order valence-corrected chi connectivity index (χ4v) is 5.97. The molecule has 0 aliphatic heterocycles. The number of nitrogens with one attached hydrogen (secondary N) is 2. The van der Waals surface area contributed by atoms with Crippen molar-refractivity contribution in [1.82, 2.24) is 14.4 Å². The van der Waals surface area contributed by atoms with Gasteiger partial charge in [-0.2, -0.15) is 0 Å². The van der Waals surface area contributed by atoms with E-state index in [2.05, 4.69) is 15.1 Å². The second-order valence-electron chi connectivity index (χ2n) is 7.35. The maximum absolute atomic E-state index is 12.9. The molecule has 1 amide bonds. The number of benzene rings is 1. The molecular weight excluding hydrogens is 440 g/mol. The van der Waals surface area contributed by atoms with E-state index in [0.717, 1.165) is 30.4 Å². The van der Waals surface area contributed by atoms with Gasteiger partial charge in [0.15, 0.2) is 0 Å². The normalized spacial score (nSPS) is 14.8. The number of amides is 1. The number of carbonyl (C=O) groups excluding carboxylic acids is 1. The highest BCUT2D eigenvalue weighted by Gasteiger charge is 2.27. The summed E-state index contributed by atoms with van der Waals surface area (Å²) in [4.78, 5) is 30.3. The molecule has 1 saturated carbocycles. The number of aryl methyl sites for hydroxylation is 1. The van der Waals surface area contributed by atoms with Crippen LogP contribution in [0.25, 0.3) is 10.2 Å². The van der Waals surface area contributed by atoms with Gasteiger partial charge >= 0.3 is 0 Å². The van der Waals surface area contributed by atoms with Crippen LogP contribution in [-0.2, 0) is 10.0 Å². The quantitative estimate of drug-likeness (QED) is 0.580. The number of aromatic nitrogens is 2. The predicted octanol–water partition coefficient (Wildman–Crippen LogP) is 2.38. The second kappa shape index (κ2) is 8.40. The Kier molecular flexibility index (Phi) is 5.82. The SMILES string of the molecule is COc1ccc(C(=O)Nn2c(C)nc3sccc3c2=O)cc1S(=O)(=O)NC1CCCC1. The molecule has 0 spiro atoms. The molecule has 2 aromatic heterocycles. The minimum absolute atomic E-state index is 0.0734. The van der Waals surface area contributed by atoms with E-state index in [1.807, 2.05) is 0 Å². The third-order valence-electron chi connectivity index (χ3n) is 5.27. The molecule has 0 radical (unpaired) electrons. The average Bonchev–Trinajstić information content (AvgIpc) is 3.42. The Hall–Kier alpha value is -2.76. The van der Waals surface area contributed by atoms with Gasteiger partial charge in [-0.15, -0.1) is 11.3 Å². The number of hydrogen-bond donors (Lipinski definition) is 2. The lowest BCUT2D eigenvalue weighted by molar-refractivity contribution is 0.101. The Morgan fingerprint density at radius 2 is 2.00 bits per heavy atom. The monoisotopic (exact) mass is 462 g/mol. The third-order valence-corrected chi connectivity index (χ3v) is 7.62. The Morgan fingerprint density at radius 3 is 2.71 bits per heavy atom. The van der Waals surface area contributed by atoms with Crippen LogP contribution in [0.2, 0.25) is 0 Å². The van der Waals surface area contributed by atoms with Crippen molar-refractivity contribution >= 4 is 37.5 Å². The Bertz CT molecular complexity index is 1310. The largest absolute Gasteiger partial charge is 0.495 e. The van der Waals surface area contributed by atoms with Crippen LogP contribution in [0, 0.1) is 6.92 Å². The molecule has 0 saturated heterocycles. The molecule has 164 valence electrons. The van der Waals surface area contributed by atoms with Gasteiger partial charge in [-0.05, 0) is 49.4 Å². The molecule has 31 heavy (non-hydrogen) atoms. The standard InChI is InChI=1S/C20H22N4O5S2/c1-12-21-19-15(9-10-30-19)20(26)24(12)22-18(25)13-7-8-16(29-2)17(11-13)31(27,28)23-14-5-3-4-6-14/h7-11,14,23H,3-6H2,1-2H3,(H,22,25). The van der Waals surface area contributed by atoms with Gasteiger partial charge in [0.1, 0.15) is 21.3 Å². The summed E-state index contributed by atoms with van der Waals surface area (Å²) in [7, 11) is -2.52. The summed E-state index contributed by atoms with van der Waals surface area (Å²) in [6, 6.07) is 5.64. The molecule has 0 unspecified atom stereocenters. The number of carbonyl (C=O) groups is 1. The van der Waals surface area contributed by atoms with E-state index in [1.165, 1.54) is 36.6 Å². The second-order valence-corrected chi connectivity index (χ2v) is 9.93. The fraction of sp³-hybridized carbons (Fsp3) is 0.350. The van der Waals surface area contributed by atoms with Crippen molar-refractivity contribution in [3.05, 3.63) is 51.4 Å². The number of sulfonamides is 1. The molecule has 0 atom stereocenters. The molecule has 2 heterocycles. The number of fused-ring (bicyclic) bond motifs is 1. The fourth-order valence-electron chi connectivity index (χ4n) is 3.67. The molecule has 0 bridgehead atoms. The van der Waals surface area contributed by atoms with Crippen LogP contribution in [0.1, 0.15) is 41.9 Å². The highest BCUT2D eigenvalue weighted by Crippen LogP contribution is 2.27. The van der Waals surface area contributed by atoms with Crippen molar-refractivity contribution < 1.29 is 17.9 Å². The van der Waals surface area contributed by atoms with Crippen LogP contribution in [-0.4, -0.2) is 37.1 Å². The van der Waals surface area contributed by atoms with Crippen LogP contribution in [0.3, 0.4) is 0 Å². The van der Waals surface area contributed by atoms with Gasteiger partial charge in [0, 0.05) is 11.6 Å². The lowest BCUT2D eigenvalue weighted by Gasteiger charge is -2.16. The molecule has 3 aromatic rings. The summed E-state index contributed by atoms with van der Waals surface area (Å²) in [5.74, 6) is -0.184. The predicted molar refractivity (Wildman–Crippen MR) is 118 cm³/mol. The molecule has 4 rings (SSSR count). The number of thiophene rings is 1. The Balaban J connectivity index is 1.66. The lowest BCUT2D eigenvalue weighted by atomic mass is 10.2. The third kappa shape index (κ3) is 4.21. The number of nitrogens with zero attached hydrogens (tertiary/aromatic N) is 2. The topological polar surface area (TPSA) is 119 Å². The maximum atomic E-state index is 12.9. The van der Waals surface area contributed by atoms with E-state index in [1.54, 1.807) is 18.4 Å². The summed E-state index contributed by atoms with van der Waals surface area (Å²) in [5, 5.41) is 2.15. The van der Waals surface area contributed by atoms with Crippen LogP contribution < -0.4 is 20.4 Å². The summed E-state index contributed by atoms with van der Waals surface area (Å²) < 4.78 is 34.8. The van der Waals surface area contributed by atoms with Crippen molar-refractivity contribution in [2.45, 2.75) is 43.5 Å². The van der Waals surface area contributed by atoms with Gasteiger partial charge < -0.3 is 4.74 Å². The molecule has 1 aliphatic rings. The van der Waals surface area contributed by atoms with E-state index in [-0.39, 0.29) is 22.3 Å². The lowest BCUT2D eigenvalue weighted by Crippen LogP contribution is -2.35. The zero-order valence-corrected chi connectivity index (χ0v) is 18.7. The molecule has 1 aromatic carbocycles. The van der Waals surface area contributed by atoms with Gasteiger partial charge in [-0.3, -0.25) is 15.0 Å². The van der Waals surface area contributed by atoms with Crippen LogP contribution in [0.15, 0.2) is 39.3 Å². The van der Waals surface area contributed by atoms with Gasteiger partial charge in [0.25, 0.3) is 11.5 Å². The van der Waals surface area contributed by atoms with Crippen molar-refractivity contribution in [2.24, 2.45) is 0 Å². The number of methoxy groups -OCH3 is 1. The van der Waals surface area contributed by atoms with Gasteiger partial charge in [0.2, 0.25) is 10.0 Å². The average molecular weight is 463 g/mol. The van der Waals surface area contributed by atoms with Crippen LogP contribution >= 0.6 is 11.3 Å². The zero-order chi connectivity index (χ0) is 22.2. The Labute approximate surface area is 183 Å². The highest BCUT2D eigenvalue weighted by molar-refractivity contribution is 7.89. The molecule has 9 nitrogen and oxygen atoms in total. The minimum Gasteiger partial charge on any atom is -0.495 e. The first kappa shape index (κ1) is 21.5. The number of rotatable bonds is 6. The summed E-state index contributed by atoms with van der Waals surface area (Å²) in [6.45, 7) is 1.61. The Morgan fingerprint density at radius 1 is 1.26 bits per heavy atom. The molecule has 11 heteroatoms. The maximum Gasteiger partial charge on any atom is 0.281 e. The first-order valence-electron chi connectivity index (χ1n) is 9.79. The van der Waals surface area contributed by atoms with E-state index in [9.17, 15) is 18.0 Å². The number of ether oxygens (including phenoxy) is 1. The zero-order valence-electron chi connectivity index (χ0n) is 17.0. The van der Waals surface area contributed by atoms with E-state index >= 15 is 0 Å². The summed E-state index contributed by atoms with van der Waals surface area (Å²) in [5.41, 5.74) is 2.19. The van der Waals surface area contributed by atoms with E-state index in [0.29, 0.717) is 16.0 Å². The summed E-state index contributed by atoms with van der Waals surface area (Å²) >= 11 is 1.34. The van der Waals surface area contributed by atoms with E-state index in [4.69, 9.17) is 4.74 Å². The highest BCUT2D eigenvalue weighted by atomic mass is 32.2. The van der Waals surface area contributed by atoms with Crippen molar-refractivity contribution in [3.63, 3.8) is 0 Å². The van der Waals surface area contributed by atoms with Crippen molar-refractivity contribution in [1.29, 1.82) is 0 Å². The van der Waals surface area contributed by atoms with Crippen LogP contribution in [0.5, 0.6) is 5.75 Å². The molecule has 1 aliphatic carbocycles. The van der Waals surface area contributed by atoms with Crippen molar-refractivity contribution in [2.75, 3.05) is 12.5 Å². The number of hydrogen-bond acceptors (Lipinski definition) is 7.